The summed E-state index contributed by atoms with van der Waals surface area (Å²) in [5, 5.41) is 0. The fraction of sp³-hybridized carbons (Fsp3) is 0.471. The molecule has 0 amide bonds. The molecule has 0 aromatic rings. The van der Waals surface area contributed by atoms with Gasteiger partial charge in [-0.25, -0.2) is 0 Å². The molecule has 0 spiro atoms. The summed E-state index contributed by atoms with van der Waals surface area (Å²) in [5.41, 5.74) is 0. The van der Waals surface area contributed by atoms with E-state index in [1.165, 1.54) is 36.0 Å². The summed E-state index contributed by atoms with van der Waals surface area (Å²) in [7, 11) is 4.57. The second kappa shape index (κ2) is 7.99. The summed E-state index contributed by atoms with van der Waals surface area (Å²) < 4.78 is 0. The van der Waals surface area contributed by atoms with Crippen LogP contribution in [0.25, 0.3) is 0 Å². The summed E-state index contributed by atoms with van der Waals surface area (Å²) in [6.07, 6.45) is 10.5. The van der Waals surface area contributed by atoms with E-state index < -0.39 is 0 Å². The van der Waals surface area contributed by atoms with Gasteiger partial charge in [0.25, 0.3) is 0 Å². The van der Waals surface area contributed by atoms with E-state index in [1.807, 2.05) is 17.3 Å². The van der Waals surface area contributed by atoms with Gasteiger partial charge in [-0.1, -0.05) is 58.9 Å². The average Bonchev–Trinajstić information content (AvgIpc) is 3.14. The minimum atomic E-state index is 0.810. The van der Waals surface area contributed by atoms with Crippen LogP contribution in [-0.4, -0.2) is 0 Å². The summed E-state index contributed by atoms with van der Waals surface area (Å²) >= 11 is 1.82. The number of hydrogen-bond donors (Lipinski definition) is 0. The number of fused-ring (bicyclic) bond motifs is 2. The van der Waals surface area contributed by atoms with Crippen LogP contribution >= 0.6 is 9.69 Å². The van der Waals surface area contributed by atoms with Gasteiger partial charge in [-0.2, -0.15) is 0 Å². The molecule has 0 aromatic carbocycles. The SMILES string of the molecule is C1=CC2C=CC1C2.C[C]1[C](C)[C](C)[C](C)[C]1C.[Cl][Ru]. The van der Waals surface area contributed by atoms with Crippen LogP contribution in [0.2, 0.25) is 0 Å². The number of halogens is 1. The van der Waals surface area contributed by atoms with Gasteiger partial charge in [0.15, 0.2) is 0 Å². The van der Waals surface area contributed by atoms with E-state index >= 15 is 0 Å². The number of allylic oxidation sites excluding steroid dienone is 4. The second-order valence-electron chi connectivity index (χ2n) is 5.46. The van der Waals surface area contributed by atoms with Gasteiger partial charge in [-0.05, 0) is 47.8 Å². The molecule has 3 aliphatic carbocycles. The first-order valence-corrected chi connectivity index (χ1v) is 8.94. The van der Waals surface area contributed by atoms with E-state index in [0.717, 1.165) is 11.8 Å². The number of rotatable bonds is 0. The Kier molecular flexibility index (Phi) is 7.33. The molecule has 0 aliphatic heterocycles. The Morgan fingerprint density at radius 2 is 0.895 bits per heavy atom. The van der Waals surface area contributed by atoms with Gasteiger partial charge in [0.05, 0.1) is 0 Å². The van der Waals surface area contributed by atoms with Gasteiger partial charge in [-0.3, -0.25) is 0 Å². The Morgan fingerprint density at radius 1 is 0.684 bits per heavy atom. The quantitative estimate of drug-likeness (QED) is 0.399. The molecular weight excluding hydrogens is 341 g/mol. The standard InChI is InChI=1S/C10H15.C7H8.ClH.Ru/c1-6-7(2)9(4)10(5)8(6)3;1-2-7-4-3-6(1)5-7;;/h1-5H3;1-4,6-7H,5H2;1H;/q;;;+1/p-1. The van der Waals surface area contributed by atoms with Gasteiger partial charge in [0, 0.05) is 0 Å². The molecule has 0 saturated heterocycles. The predicted octanol–water partition coefficient (Wildman–Crippen LogP) is 5.41. The Labute approximate surface area is 133 Å². The molecule has 19 heavy (non-hydrogen) atoms. The Bertz CT molecular complexity index is 250. The molecule has 3 rings (SSSR count). The van der Waals surface area contributed by atoms with Crippen molar-refractivity contribution in [2.75, 3.05) is 0 Å². The Balaban J connectivity index is 0.000000174. The molecule has 1 fully saturated rings. The van der Waals surface area contributed by atoms with Crippen LogP contribution < -0.4 is 0 Å². The van der Waals surface area contributed by atoms with Crippen LogP contribution in [0.4, 0.5) is 0 Å². The molecule has 2 bridgehead atoms. The van der Waals surface area contributed by atoms with Gasteiger partial charge in [0.1, 0.15) is 0 Å². The number of hydrogen-bond acceptors (Lipinski definition) is 0. The van der Waals surface area contributed by atoms with Crippen molar-refractivity contribution in [3.8, 4) is 0 Å². The summed E-state index contributed by atoms with van der Waals surface area (Å²) in [6.45, 7) is 11.0. The van der Waals surface area contributed by atoms with Crippen molar-refractivity contribution in [2.45, 2.75) is 41.0 Å². The molecular formula is C17H23ClRu. The zero-order chi connectivity index (χ0) is 14.6. The van der Waals surface area contributed by atoms with E-state index in [9.17, 15) is 0 Å². The van der Waals surface area contributed by atoms with Crippen molar-refractivity contribution >= 4 is 9.69 Å². The molecule has 0 heterocycles. The van der Waals surface area contributed by atoms with Crippen LogP contribution in [0, 0.1) is 41.4 Å². The first kappa shape index (κ1) is 17.4. The van der Waals surface area contributed by atoms with Gasteiger partial charge in [0.2, 0.25) is 0 Å². The average molecular weight is 364 g/mol. The van der Waals surface area contributed by atoms with E-state index in [4.69, 9.17) is 0 Å². The van der Waals surface area contributed by atoms with E-state index in [1.54, 1.807) is 0 Å². The molecule has 0 nitrogen and oxygen atoms in total. The zero-order valence-corrected chi connectivity index (χ0v) is 14.9. The van der Waals surface area contributed by atoms with Crippen molar-refractivity contribution in [3.63, 3.8) is 0 Å². The summed E-state index contributed by atoms with van der Waals surface area (Å²) in [5.74, 6) is 8.96. The van der Waals surface area contributed by atoms with Crippen LogP contribution in [0.15, 0.2) is 24.3 Å². The van der Waals surface area contributed by atoms with Crippen molar-refractivity contribution < 1.29 is 17.3 Å². The Morgan fingerprint density at radius 3 is 1.00 bits per heavy atom. The topological polar surface area (TPSA) is 0 Å². The molecule has 106 valence electrons. The predicted molar refractivity (Wildman–Crippen MR) is 80.3 cm³/mol. The molecule has 3 aliphatic rings. The summed E-state index contributed by atoms with van der Waals surface area (Å²) in [6, 6.07) is 0. The van der Waals surface area contributed by atoms with Crippen molar-refractivity contribution in [1.82, 2.24) is 0 Å². The van der Waals surface area contributed by atoms with Crippen LogP contribution in [0.3, 0.4) is 0 Å². The van der Waals surface area contributed by atoms with Gasteiger partial charge >= 0.3 is 27.0 Å². The van der Waals surface area contributed by atoms with Gasteiger partial charge in [-0.15, -0.1) is 0 Å². The molecule has 5 radical (unpaired) electrons. The van der Waals surface area contributed by atoms with Gasteiger partial charge < -0.3 is 0 Å². The Hall–Kier alpha value is 0.393. The minimum absolute atomic E-state index is 0.810. The molecule has 0 aromatic heterocycles. The first-order chi connectivity index (χ1) is 9.00. The third kappa shape index (κ3) is 4.18. The monoisotopic (exact) mass is 364 g/mol. The van der Waals surface area contributed by atoms with Crippen molar-refractivity contribution in [1.29, 1.82) is 0 Å². The first-order valence-electron chi connectivity index (χ1n) is 6.70. The maximum absolute atomic E-state index is 4.57. The molecule has 0 atom stereocenters. The summed E-state index contributed by atoms with van der Waals surface area (Å²) in [4.78, 5) is 0. The van der Waals surface area contributed by atoms with Crippen LogP contribution in [0.1, 0.15) is 41.0 Å². The molecule has 0 unspecified atom stereocenters. The van der Waals surface area contributed by atoms with E-state index in [-0.39, 0.29) is 0 Å². The van der Waals surface area contributed by atoms with Crippen molar-refractivity contribution in [3.05, 3.63) is 53.9 Å². The molecule has 2 heteroatoms. The maximum atomic E-state index is 4.57. The zero-order valence-electron chi connectivity index (χ0n) is 12.4. The fourth-order valence-electron chi connectivity index (χ4n) is 2.73. The normalized spacial score (nSPS) is 31.3. The molecule has 0 N–H and O–H groups in total. The second-order valence-corrected chi connectivity index (χ2v) is 5.46. The van der Waals surface area contributed by atoms with E-state index in [0.29, 0.717) is 0 Å². The fourth-order valence-corrected chi connectivity index (χ4v) is 2.73. The molecule has 1 saturated carbocycles. The third-order valence-electron chi connectivity index (χ3n) is 4.57. The third-order valence-corrected chi connectivity index (χ3v) is 4.57. The van der Waals surface area contributed by atoms with Crippen LogP contribution in [-0.2, 0) is 17.3 Å². The van der Waals surface area contributed by atoms with Crippen LogP contribution in [0.5, 0.6) is 0 Å². The van der Waals surface area contributed by atoms with Crippen molar-refractivity contribution in [2.24, 2.45) is 11.8 Å². The van der Waals surface area contributed by atoms with E-state index in [2.05, 4.69) is 68.6 Å².